The van der Waals surface area contributed by atoms with Crippen molar-refractivity contribution in [3.8, 4) is 11.3 Å². The fraction of sp³-hybridized carbons (Fsp3) is 0.348. The van der Waals surface area contributed by atoms with Gasteiger partial charge < -0.3 is 5.32 Å². The Kier molecular flexibility index (Phi) is 4.81. The number of nitrogens with one attached hydrogen (secondary N) is 2. The molecule has 158 valence electrons. The van der Waals surface area contributed by atoms with E-state index in [2.05, 4.69) is 69.4 Å². The lowest BCUT2D eigenvalue weighted by atomic mass is 9.86. The number of rotatable bonds is 3. The first-order valence-corrected chi connectivity index (χ1v) is 11.3. The second-order valence-electron chi connectivity index (χ2n) is 8.97. The minimum atomic E-state index is -0.0988. The molecule has 31 heavy (non-hydrogen) atoms. The fourth-order valence-electron chi connectivity index (χ4n) is 4.05. The summed E-state index contributed by atoms with van der Waals surface area (Å²) in [5, 5.41) is 13.6. The van der Waals surface area contributed by atoms with Gasteiger partial charge in [-0.25, -0.2) is 15.0 Å². The molecular weight excluding hydrogens is 408 g/mol. The molecule has 0 bridgehead atoms. The Balaban J connectivity index is 1.41. The normalized spacial score (nSPS) is 16.3. The highest BCUT2D eigenvalue weighted by atomic mass is 32.1. The van der Waals surface area contributed by atoms with E-state index in [0.717, 1.165) is 47.2 Å². The lowest BCUT2D eigenvalue weighted by Crippen LogP contribution is -2.31. The maximum atomic E-state index is 12.9. The first-order chi connectivity index (χ1) is 14.9. The summed E-state index contributed by atoms with van der Waals surface area (Å²) in [7, 11) is 0. The molecule has 3 heterocycles. The zero-order valence-electron chi connectivity index (χ0n) is 17.8. The summed E-state index contributed by atoms with van der Waals surface area (Å²) >= 11 is 1.41. The number of amides is 1. The molecule has 0 radical (unpaired) electrons. The van der Waals surface area contributed by atoms with Crippen LogP contribution >= 0.6 is 11.3 Å². The number of H-pyrrole nitrogens is 1. The lowest BCUT2D eigenvalue weighted by molar-refractivity contribution is 0.0932. The standard InChI is InChI=1S/C23H24N6OS/c1-23(2,3)18-11-31-22(28-18)21(30)27-17-6-4-5-13-9-14(7-8-15(13)17)19-16-10-26-29-20(16)25-12-24-19/h7-12,17H,4-6H2,1-3H3,(H,27,30)(H,24,25,26,29). The molecule has 1 aliphatic carbocycles. The van der Waals surface area contributed by atoms with E-state index in [1.54, 1.807) is 12.5 Å². The minimum absolute atomic E-state index is 0.00775. The first-order valence-electron chi connectivity index (χ1n) is 10.4. The largest absolute Gasteiger partial charge is 0.343 e. The molecule has 0 spiro atoms. The summed E-state index contributed by atoms with van der Waals surface area (Å²) < 4.78 is 0. The molecule has 8 heteroatoms. The molecule has 0 saturated carbocycles. The van der Waals surface area contributed by atoms with Crippen LogP contribution in [-0.4, -0.2) is 31.1 Å². The number of aromatic nitrogens is 5. The Labute approximate surface area is 184 Å². The maximum Gasteiger partial charge on any atom is 0.280 e. The van der Waals surface area contributed by atoms with Crippen LogP contribution in [-0.2, 0) is 11.8 Å². The molecule has 5 rings (SSSR count). The SMILES string of the molecule is CC(C)(C)c1csc(C(=O)NC2CCCc3cc(-c4ncnc5[nH]ncc45)ccc32)n1. The molecule has 0 fully saturated rings. The summed E-state index contributed by atoms with van der Waals surface area (Å²) in [4.78, 5) is 26.1. The lowest BCUT2D eigenvalue weighted by Gasteiger charge is -2.26. The number of fused-ring (bicyclic) bond motifs is 2. The van der Waals surface area contributed by atoms with E-state index < -0.39 is 0 Å². The molecule has 7 nitrogen and oxygen atoms in total. The summed E-state index contributed by atoms with van der Waals surface area (Å²) in [5.74, 6) is -0.0988. The van der Waals surface area contributed by atoms with Crippen molar-refractivity contribution in [3.05, 3.63) is 57.9 Å². The van der Waals surface area contributed by atoms with Gasteiger partial charge in [0.05, 0.1) is 29.0 Å². The van der Waals surface area contributed by atoms with Gasteiger partial charge in [-0.15, -0.1) is 11.3 Å². The van der Waals surface area contributed by atoms with E-state index in [1.165, 1.54) is 22.5 Å². The van der Waals surface area contributed by atoms with Gasteiger partial charge in [0.1, 0.15) is 6.33 Å². The van der Waals surface area contributed by atoms with Crippen molar-refractivity contribution in [1.29, 1.82) is 0 Å². The molecule has 1 aliphatic rings. The molecule has 1 atom stereocenters. The Hall–Kier alpha value is -3.13. The van der Waals surface area contributed by atoms with Gasteiger partial charge in [0, 0.05) is 16.4 Å². The highest BCUT2D eigenvalue weighted by Gasteiger charge is 2.25. The highest BCUT2D eigenvalue weighted by Crippen LogP contribution is 2.34. The zero-order valence-corrected chi connectivity index (χ0v) is 18.6. The summed E-state index contributed by atoms with van der Waals surface area (Å²) in [5.41, 5.74) is 5.94. The molecule has 0 aliphatic heterocycles. The van der Waals surface area contributed by atoms with Crippen molar-refractivity contribution in [3.63, 3.8) is 0 Å². The quantitative estimate of drug-likeness (QED) is 0.494. The number of aromatic amines is 1. The first kappa shape index (κ1) is 19.8. The smallest absolute Gasteiger partial charge is 0.280 e. The molecule has 3 aromatic heterocycles. The topological polar surface area (TPSA) is 96.5 Å². The predicted molar refractivity (Wildman–Crippen MR) is 121 cm³/mol. The average Bonchev–Trinajstić information content (AvgIpc) is 3.43. The van der Waals surface area contributed by atoms with Gasteiger partial charge in [-0.2, -0.15) is 5.10 Å². The van der Waals surface area contributed by atoms with Crippen molar-refractivity contribution in [1.82, 2.24) is 30.5 Å². The Bertz CT molecular complexity index is 1270. The van der Waals surface area contributed by atoms with E-state index in [4.69, 9.17) is 0 Å². The Morgan fingerprint density at radius 2 is 2.13 bits per heavy atom. The third-order valence-electron chi connectivity index (χ3n) is 5.75. The van der Waals surface area contributed by atoms with E-state index in [-0.39, 0.29) is 17.4 Å². The van der Waals surface area contributed by atoms with Gasteiger partial charge in [0.25, 0.3) is 5.91 Å². The number of hydrogen-bond acceptors (Lipinski definition) is 6. The number of thiazole rings is 1. The number of aryl methyl sites for hydroxylation is 1. The van der Waals surface area contributed by atoms with Crippen molar-refractivity contribution >= 4 is 28.3 Å². The minimum Gasteiger partial charge on any atom is -0.343 e. The van der Waals surface area contributed by atoms with Gasteiger partial charge in [0.15, 0.2) is 10.7 Å². The van der Waals surface area contributed by atoms with Gasteiger partial charge in [-0.3, -0.25) is 9.89 Å². The van der Waals surface area contributed by atoms with E-state index in [9.17, 15) is 4.79 Å². The molecule has 1 unspecified atom stereocenters. The van der Waals surface area contributed by atoms with Crippen molar-refractivity contribution < 1.29 is 4.79 Å². The zero-order chi connectivity index (χ0) is 21.6. The van der Waals surface area contributed by atoms with Crippen LogP contribution < -0.4 is 5.32 Å². The van der Waals surface area contributed by atoms with Crippen LogP contribution in [0.25, 0.3) is 22.3 Å². The Morgan fingerprint density at radius 1 is 1.26 bits per heavy atom. The fourth-order valence-corrected chi connectivity index (χ4v) is 5.00. The van der Waals surface area contributed by atoms with Crippen LogP contribution in [0.4, 0.5) is 0 Å². The van der Waals surface area contributed by atoms with Gasteiger partial charge in [0.2, 0.25) is 0 Å². The Morgan fingerprint density at radius 3 is 2.94 bits per heavy atom. The van der Waals surface area contributed by atoms with E-state index in [1.807, 2.05) is 5.38 Å². The number of benzene rings is 1. The number of nitrogens with zero attached hydrogens (tertiary/aromatic N) is 4. The van der Waals surface area contributed by atoms with Gasteiger partial charge in [-0.1, -0.05) is 32.9 Å². The van der Waals surface area contributed by atoms with Crippen LogP contribution in [0.5, 0.6) is 0 Å². The predicted octanol–water partition coefficient (Wildman–Crippen LogP) is 4.58. The van der Waals surface area contributed by atoms with E-state index in [0.29, 0.717) is 5.01 Å². The third kappa shape index (κ3) is 3.72. The molecular formula is C23H24N6OS. The van der Waals surface area contributed by atoms with Crippen LogP contribution in [0, 0.1) is 0 Å². The highest BCUT2D eigenvalue weighted by molar-refractivity contribution is 7.11. The summed E-state index contributed by atoms with van der Waals surface area (Å²) in [6.45, 7) is 6.31. The summed E-state index contributed by atoms with van der Waals surface area (Å²) in [6, 6.07) is 6.36. The molecule has 1 amide bonds. The van der Waals surface area contributed by atoms with Crippen LogP contribution in [0.2, 0.25) is 0 Å². The third-order valence-corrected chi connectivity index (χ3v) is 6.59. The van der Waals surface area contributed by atoms with Crippen LogP contribution in [0.1, 0.15) is 66.3 Å². The second-order valence-corrected chi connectivity index (χ2v) is 9.83. The molecule has 1 aromatic carbocycles. The molecule has 2 N–H and O–H groups in total. The second kappa shape index (κ2) is 7.53. The van der Waals surface area contributed by atoms with Crippen LogP contribution in [0.15, 0.2) is 36.1 Å². The monoisotopic (exact) mass is 432 g/mol. The number of carbonyl (C=O) groups is 1. The van der Waals surface area contributed by atoms with Crippen molar-refractivity contribution in [2.24, 2.45) is 0 Å². The van der Waals surface area contributed by atoms with Crippen molar-refractivity contribution in [2.45, 2.75) is 51.5 Å². The van der Waals surface area contributed by atoms with E-state index >= 15 is 0 Å². The van der Waals surface area contributed by atoms with Gasteiger partial charge in [-0.05, 0) is 36.5 Å². The summed E-state index contributed by atoms with van der Waals surface area (Å²) in [6.07, 6.45) is 6.25. The molecule has 4 aromatic rings. The average molecular weight is 433 g/mol. The van der Waals surface area contributed by atoms with Gasteiger partial charge >= 0.3 is 0 Å². The van der Waals surface area contributed by atoms with Crippen molar-refractivity contribution in [2.75, 3.05) is 0 Å². The number of carbonyl (C=O) groups excluding carboxylic acids is 1. The maximum absolute atomic E-state index is 12.9. The van der Waals surface area contributed by atoms with Crippen LogP contribution in [0.3, 0.4) is 0 Å². The number of hydrogen-bond donors (Lipinski definition) is 2. The molecule has 0 saturated heterocycles.